The second kappa shape index (κ2) is 2.04. The van der Waals surface area contributed by atoms with Gasteiger partial charge >= 0.3 is 5.82 Å². The second-order valence-electron chi connectivity index (χ2n) is 1.21. The highest BCUT2D eigenvalue weighted by molar-refractivity contribution is 7.97. The molecule has 0 saturated carbocycles. The number of hydrogen-bond donors (Lipinski definition) is 0. The monoisotopic (exact) mass is 131 g/mol. The van der Waals surface area contributed by atoms with Crippen LogP contribution >= 0.6 is 11.9 Å². The van der Waals surface area contributed by atoms with Crippen molar-refractivity contribution in [2.24, 2.45) is 0 Å². The molecule has 1 heterocycles. The maximum Gasteiger partial charge on any atom is 0.369 e. The van der Waals surface area contributed by atoms with Crippen molar-refractivity contribution in [3.8, 4) is 0 Å². The second-order valence-corrected chi connectivity index (χ2v) is 1.98. The first-order chi connectivity index (χ1) is 3.80. The Balaban J connectivity index is 2.57. The summed E-state index contributed by atoms with van der Waals surface area (Å²) in [6.45, 7) is 0. The average Bonchev–Trinajstić information content (AvgIpc) is 2.12. The molecule has 4 nitrogen and oxygen atoms in total. The van der Waals surface area contributed by atoms with Crippen molar-refractivity contribution in [3.63, 3.8) is 0 Å². The van der Waals surface area contributed by atoms with Gasteiger partial charge in [-0.2, -0.15) is 0 Å². The summed E-state index contributed by atoms with van der Waals surface area (Å²) in [4.78, 5) is 9.35. The molecule has 8 heavy (non-hydrogen) atoms. The van der Waals surface area contributed by atoms with E-state index in [1.807, 2.05) is 0 Å². The molecule has 1 aliphatic rings. The zero-order valence-corrected chi connectivity index (χ0v) is 4.72. The van der Waals surface area contributed by atoms with E-state index < -0.39 is 4.92 Å². The summed E-state index contributed by atoms with van der Waals surface area (Å²) < 4.78 is 3.51. The summed E-state index contributed by atoms with van der Waals surface area (Å²) in [6, 6.07) is 0. The van der Waals surface area contributed by atoms with Crippen molar-refractivity contribution >= 4 is 11.9 Å². The van der Waals surface area contributed by atoms with Crippen LogP contribution in [0.25, 0.3) is 0 Å². The maximum absolute atomic E-state index is 9.83. The molecule has 0 amide bonds. The SMILES string of the molecule is O=[N+]([O-])C1=CCS[N]1. The summed E-state index contributed by atoms with van der Waals surface area (Å²) >= 11 is 1.20. The molecule has 0 bridgehead atoms. The molecule has 0 aliphatic carbocycles. The molecule has 0 aromatic carbocycles. The summed E-state index contributed by atoms with van der Waals surface area (Å²) in [5.41, 5.74) is 0. The fraction of sp³-hybridized carbons (Fsp3) is 0.333. The van der Waals surface area contributed by atoms with E-state index in [0.717, 1.165) is 0 Å². The molecule has 0 fully saturated rings. The van der Waals surface area contributed by atoms with Crippen LogP contribution in [0.15, 0.2) is 11.9 Å². The Bertz CT molecular complexity index is 144. The van der Waals surface area contributed by atoms with Gasteiger partial charge in [0, 0.05) is 10.8 Å². The van der Waals surface area contributed by atoms with E-state index >= 15 is 0 Å². The van der Waals surface area contributed by atoms with Crippen LogP contribution in [0, 0.1) is 10.1 Å². The van der Waals surface area contributed by atoms with E-state index in [-0.39, 0.29) is 5.82 Å². The molecule has 1 radical (unpaired) electrons. The highest BCUT2D eigenvalue weighted by Gasteiger charge is 2.18. The van der Waals surface area contributed by atoms with Gasteiger partial charge in [0.05, 0.1) is 5.75 Å². The molecule has 0 saturated heterocycles. The minimum absolute atomic E-state index is 0.0185. The van der Waals surface area contributed by atoms with Crippen molar-refractivity contribution in [1.82, 2.24) is 4.72 Å². The van der Waals surface area contributed by atoms with Crippen LogP contribution in [0.3, 0.4) is 0 Å². The number of rotatable bonds is 1. The third-order valence-electron chi connectivity index (χ3n) is 0.686. The smallest absolute Gasteiger partial charge is 0.358 e. The number of nitro groups is 1. The van der Waals surface area contributed by atoms with Gasteiger partial charge in [-0.1, -0.05) is 0 Å². The standard InChI is InChI=1S/C3H3N2O2S/c6-5(7)3-1-2-8-4-3/h1H,2H2. The van der Waals surface area contributed by atoms with Crippen LogP contribution in [-0.2, 0) is 0 Å². The summed E-state index contributed by atoms with van der Waals surface area (Å²) in [5.74, 6) is 0.617. The maximum atomic E-state index is 9.83. The quantitative estimate of drug-likeness (QED) is 0.293. The van der Waals surface area contributed by atoms with Gasteiger partial charge < -0.3 is 10.1 Å². The molecule has 0 aromatic rings. The number of nitrogens with zero attached hydrogens (tertiary/aromatic N) is 2. The van der Waals surface area contributed by atoms with E-state index in [1.54, 1.807) is 0 Å². The van der Waals surface area contributed by atoms with Gasteiger partial charge in [-0.25, -0.2) is 0 Å². The Kier molecular flexibility index (Phi) is 1.38. The van der Waals surface area contributed by atoms with E-state index in [1.165, 1.54) is 18.0 Å². The molecule has 0 atom stereocenters. The highest BCUT2D eigenvalue weighted by Crippen LogP contribution is 2.11. The summed E-state index contributed by atoms with van der Waals surface area (Å²) in [5, 5.41) is 9.83. The van der Waals surface area contributed by atoms with E-state index in [0.29, 0.717) is 5.75 Å². The molecule has 1 aliphatic heterocycles. The van der Waals surface area contributed by atoms with Crippen molar-refractivity contribution in [2.45, 2.75) is 0 Å². The van der Waals surface area contributed by atoms with Gasteiger partial charge in [-0.05, 0) is 4.92 Å². The Morgan fingerprint density at radius 3 is 3.00 bits per heavy atom. The van der Waals surface area contributed by atoms with Crippen LogP contribution in [0.4, 0.5) is 0 Å². The van der Waals surface area contributed by atoms with Crippen molar-refractivity contribution in [2.75, 3.05) is 5.75 Å². The van der Waals surface area contributed by atoms with Crippen LogP contribution in [0.5, 0.6) is 0 Å². The van der Waals surface area contributed by atoms with Crippen LogP contribution in [0.2, 0.25) is 0 Å². The molecule has 1 rings (SSSR count). The fourth-order valence-electron chi connectivity index (χ4n) is 0.360. The highest BCUT2D eigenvalue weighted by atomic mass is 32.2. The van der Waals surface area contributed by atoms with Crippen molar-refractivity contribution < 1.29 is 4.92 Å². The van der Waals surface area contributed by atoms with Gasteiger partial charge in [-0.15, -0.1) is 0 Å². The zero-order chi connectivity index (χ0) is 5.98. The molecule has 0 unspecified atom stereocenters. The van der Waals surface area contributed by atoms with Gasteiger partial charge in [0.25, 0.3) is 0 Å². The topological polar surface area (TPSA) is 57.2 Å². The van der Waals surface area contributed by atoms with Gasteiger partial charge in [0.15, 0.2) is 0 Å². The molecule has 0 spiro atoms. The van der Waals surface area contributed by atoms with Crippen molar-refractivity contribution in [1.29, 1.82) is 0 Å². The predicted octanol–water partition coefficient (Wildman–Crippen LogP) is 0.371. The Hall–Kier alpha value is -0.710. The van der Waals surface area contributed by atoms with E-state index in [2.05, 4.69) is 4.72 Å². The minimum atomic E-state index is -0.486. The lowest BCUT2D eigenvalue weighted by atomic mass is 10.6. The summed E-state index contributed by atoms with van der Waals surface area (Å²) in [6.07, 6.45) is 1.49. The van der Waals surface area contributed by atoms with Crippen molar-refractivity contribution in [3.05, 3.63) is 22.0 Å². The third-order valence-corrected chi connectivity index (χ3v) is 1.32. The fourth-order valence-corrected chi connectivity index (χ4v) is 0.932. The molecular formula is C3H3N2O2S. The van der Waals surface area contributed by atoms with Gasteiger partial charge in [-0.3, -0.25) is 0 Å². The Labute approximate surface area is 50.2 Å². The first-order valence-corrected chi connectivity index (χ1v) is 2.92. The minimum Gasteiger partial charge on any atom is -0.358 e. The van der Waals surface area contributed by atoms with E-state index in [4.69, 9.17) is 0 Å². The summed E-state index contributed by atoms with van der Waals surface area (Å²) in [7, 11) is 0. The molecule has 43 valence electrons. The molecular weight excluding hydrogens is 128 g/mol. The van der Waals surface area contributed by atoms with Crippen LogP contribution in [-0.4, -0.2) is 10.7 Å². The lowest BCUT2D eigenvalue weighted by molar-refractivity contribution is -0.428. The lowest BCUT2D eigenvalue weighted by Crippen LogP contribution is -2.01. The first-order valence-electron chi connectivity index (χ1n) is 1.98. The largest absolute Gasteiger partial charge is 0.369 e. The lowest BCUT2D eigenvalue weighted by Gasteiger charge is -1.85. The molecule has 5 heteroatoms. The molecule has 0 aromatic heterocycles. The Morgan fingerprint density at radius 1 is 2.00 bits per heavy atom. The van der Waals surface area contributed by atoms with Crippen LogP contribution in [0.1, 0.15) is 0 Å². The average molecular weight is 131 g/mol. The normalized spacial score (nSPS) is 17.2. The van der Waals surface area contributed by atoms with Gasteiger partial charge in [0.1, 0.15) is 11.9 Å². The molecule has 0 N–H and O–H groups in total. The third kappa shape index (κ3) is 0.919. The van der Waals surface area contributed by atoms with E-state index in [9.17, 15) is 10.1 Å². The number of hydrogen-bond acceptors (Lipinski definition) is 3. The van der Waals surface area contributed by atoms with Crippen LogP contribution < -0.4 is 4.72 Å². The Morgan fingerprint density at radius 2 is 2.75 bits per heavy atom. The van der Waals surface area contributed by atoms with Gasteiger partial charge in [0.2, 0.25) is 0 Å². The zero-order valence-electron chi connectivity index (χ0n) is 3.90. The first kappa shape index (κ1) is 5.43. The predicted molar refractivity (Wildman–Crippen MR) is 29.7 cm³/mol.